The van der Waals surface area contributed by atoms with Crippen molar-refractivity contribution in [2.75, 3.05) is 58.7 Å². The maximum atomic E-state index is 12.7. The molecule has 3 heterocycles. The van der Waals surface area contributed by atoms with E-state index < -0.39 is 0 Å². The molecule has 0 radical (unpaired) electrons. The first kappa shape index (κ1) is 24.3. The quantitative estimate of drug-likeness (QED) is 0.503. The summed E-state index contributed by atoms with van der Waals surface area (Å²) in [7, 11) is 1.49. The monoisotopic (exact) mass is 490 g/mol. The molecule has 184 valence electrons. The number of likely N-dealkylation sites (tertiary alicyclic amines) is 1. The first-order valence-electron chi connectivity index (χ1n) is 11.5. The molecule has 34 heavy (non-hydrogen) atoms. The van der Waals surface area contributed by atoms with Crippen LogP contribution in [0.1, 0.15) is 33.8 Å². The van der Waals surface area contributed by atoms with E-state index in [1.165, 1.54) is 13.2 Å². The zero-order valence-electron chi connectivity index (χ0n) is 19.3. The van der Waals surface area contributed by atoms with Crippen molar-refractivity contribution in [3.63, 3.8) is 0 Å². The molecule has 2 aromatic rings. The molecule has 2 aliphatic rings. The van der Waals surface area contributed by atoms with Gasteiger partial charge < -0.3 is 30.4 Å². The van der Waals surface area contributed by atoms with E-state index in [9.17, 15) is 9.59 Å². The average molecular weight is 491 g/mol. The van der Waals surface area contributed by atoms with Crippen LogP contribution < -0.4 is 15.8 Å². The largest absolute Gasteiger partial charge is 0.496 e. The number of ether oxygens (including phenoxy) is 2. The van der Waals surface area contributed by atoms with Crippen LogP contribution in [0.25, 0.3) is 0 Å². The number of morpholine rings is 1. The molecule has 11 heteroatoms. The van der Waals surface area contributed by atoms with Gasteiger partial charge in [0.1, 0.15) is 5.75 Å². The van der Waals surface area contributed by atoms with E-state index in [4.69, 9.17) is 26.8 Å². The number of rotatable bonds is 7. The maximum absolute atomic E-state index is 12.7. The van der Waals surface area contributed by atoms with Gasteiger partial charge in [0, 0.05) is 57.7 Å². The summed E-state index contributed by atoms with van der Waals surface area (Å²) in [5, 5.41) is 3.23. The second-order valence-electron chi connectivity index (χ2n) is 8.71. The van der Waals surface area contributed by atoms with Gasteiger partial charge in [-0.15, -0.1) is 0 Å². The Morgan fingerprint density at radius 1 is 1.32 bits per heavy atom. The van der Waals surface area contributed by atoms with E-state index in [1.807, 2.05) is 4.90 Å². The first-order chi connectivity index (χ1) is 16.4. The zero-order chi connectivity index (χ0) is 24.1. The Balaban J connectivity index is 1.23. The van der Waals surface area contributed by atoms with Crippen LogP contribution in [0.15, 0.2) is 24.5 Å². The molecule has 2 saturated heterocycles. The number of hydrogen-bond acceptors (Lipinski definition) is 7. The Morgan fingerprint density at radius 2 is 2.12 bits per heavy atom. The van der Waals surface area contributed by atoms with Crippen LogP contribution in [0.4, 0.5) is 5.69 Å². The van der Waals surface area contributed by atoms with Gasteiger partial charge >= 0.3 is 0 Å². The molecule has 1 aromatic carbocycles. The highest BCUT2D eigenvalue weighted by Crippen LogP contribution is 2.28. The molecule has 2 aliphatic heterocycles. The van der Waals surface area contributed by atoms with Crippen LogP contribution in [-0.4, -0.2) is 90.7 Å². The second kappa shape index (κ2) is 11.1. The predicted molar refractivity (Wildman–Crippen MR) is 128 cm³/mol. The van der Waals surface area contributed by atoms with Crippen LogP contribution >= 0.6 is 11.6 Å². The molecule has 0 aliphatic carbocycles. The van der Waals surface area contributed by atoms with Gasteiger partial charge in [0.05, 0.1) is 36.1 Å². The summed E-state index contributed by atoms with van der Waals surface area (Å²) in [6.45, 7) is 5.03. The standard InChI is InChI=1S/C23H31ClN6O4/c1-33-20-11-19(25)18(24)10-17(20)22(31)28-12-16-14-29(8-9-34-16)13-15-2-6-30(7-3-15)23(32)21-26-4-5-27-21/h4-5,10-11,15-16H,2-3,6-9,12-14,25H2,1H3,(H,26,27)(H,28,31)/t16-/m0/s1. The van der Waals surface area contributed by atoms with Crippen molar-refractivity contribution in [1.29, 1.82) is 0 Å². The Kier molecular flexibility index (Phi) is 7.91. The maximum Gasteiger partial charge on any atom is 0.289 e. The number of H-pyrrole nitrogens is 1. The minimum atomic E-state index is -0.284. The molecule has 4 N–H and O–H groups in total. The minimum absolute atomic E-state index is 0.0374. The lowest BCUT2D eigenvalue weighted by Gasteiger charge is -2.38. The average Bonchev–Trinajstić information content (AvgIpc) is 3.39. The van der Waals surface area contributed by atoms with Crippen molar-refractivity contribution in [3.8, 4) is 5.75 Å². The fourth-order valence-corrected chi connectivity index (χ4v) is 4.67. The lowest BCUT2D eigenvalue weighted by Crippen LogP contribution is -2.50. The van der Waals surface area contributed by atoms with Crippen LogP contribution in [0, 0.1) is 5.92 Å². The molecule has 1 atom stereocenters. The van der Waals surface area contributed by atoms with Crippen molar-refractivity contribution in [1.82, 2.24) is 25.1 Å². The zero-order valence-corrected chi connectivity index (χ0v) is 20.0. The third-order valence-corrected chi connectivity index (χ3v) is 6.72. The number of aromatic amines is 1. The number of hydrogen-bond donors (Lipinski definition) is 3. The summed E-state index contributed by atoms with van der Waals surface area (Å²) in [5.41, 5.74) is 6.50. The summed E-state index contributed by atoms with van der Waals surface area (Å²) in [6, 6.07) is 3.06. The smallest absolute Gasteiger partial charge is 0.289 e. The Bertz CT molecular complexity index is 994. The number of nitrogen functional groups attached to an aromatic ring is 1. The minimum Gasteiger partial charge on any atom is -0.496 e. The van der Waals surface area contributed by atoms with E-state index in [2.05, 4.69) is 20.2 Å². The number of benzene rings is 1. The van der Waals surface area contributed by atoms with Crippen molar-refractivity contribution in [3.05, 3.63) is 40.9 Å². The summed E-state index contributed by atoms with van der Waals surface area (Å²) in [6.07, 6.45) is 5.08. The van der Waals surface area contributed by atoms with Crippen LogP contribution in [-0.2, 0) is 4.74 Å². The number of imidazole rings is 1. The van der Waals surface area contributed by atoms with Crippen molar-refractivity contribution < 1.29 is 19.1 Å². The van der Waals surface area contributed by atoms with Crippen molar-refractivity contribution >= 4 is 29.1 Å². The molecule has 0 bridgehead atoms. The van der Waals surface area contributed by atoms with Gasteiger partial charge in [0.25, 0.3) is 11.8 Å². The molecule has 4 rings (SSSR count). The summed E-state index contributed by atoms with van der Waals surface area (Å²) in [5.74, 6) is 0.978. The highest BCUT2D eigenvalue weighted by molar-refractivity contribution is 6.33. The van der Waals surface area contributed by atoms with E-state index in [1.54, 1.807) is 18.5 Å². The number of anilines is 1. The predicted octanol–water partition coefficient (Wildman–Crippen LogP) is 1.64. The van der Waals surface area contributed by atoms with Gasteiger partial charge in [0.2, 0.25) is 0 Å². The molecule has 2 amide bonds. The molecule has 1 aromatic heterocycles. The number of nitrogens with one attached hydrogen (secondary N) is 2. The van der Waals surface area contributed by atoms with Gasteiger partial charge in [-0.2, -0.15) is 0 Å². The molecular formula is C23H31ClN6O4. The number of piperidine rings is 1. The van der Waals surface area contributed by atoms with Gasteiger partial charge in [0.15, 0.2) is 5.82 Å². The molecule has 2 fully saturated rings. The molecule has 10 nitrogen and oxygen atoms in total. The van der Waals surface area contributed by atoms with Gasteiger partial charge in [-0.25, -0.2) is 4.98 Å². The lowest BCUT2D eigenvalue weighted by atomic mass is 9.95. The Labute approximate surface area is 203 Å². The number of amides is 2. The molecule has 0 spiro atoms. The van der Waals surface area contributed by atoms with Gasteiger partial charge in [-0.1, -0.05) is 11.6 Å². The lowest BCUT2D eigenvalue weighted by molar-refractivity contribution is -0.0332. The molecule has 0 unspecified atom stereocenters. The number of halogens is 1. The normalized spacial score (nSPS) is 19.7. The Morgan fingerprint density at radius 3 is 2.82 bits per heavy atom. The van der Waals surface area contributed by atoms with E-state index in [-0.39, 0.29) is 17.9 Å². The van der Waals surface area contributed by atoms with Crippen LogP contribution in [0.2, 0.25) is 5.02 Å². The number of nitrogens with two attached hydrogens (primary N) is 1. The molecule has 0 saturated carbocycles. The highest BCUT2D eigenvalue weighted by atomic mass is 35.5. The van der Waals surface area contributed by atoms with E-state index in [0.717, 1.165) is 45.6 Å². The fourth-order valence-electron chi connectivity index (χ4n) is 4.50. The number of carbonyl (C=O) groups is 2. The van der Waals surface area contributed by atoms with E-state index >= 15 is 0 Å². The molecular weight excluding hydrogens is 460 g/mol. The summed E-state index contributed by atoms with van der Waals surface area (Å²) < 4.78 is 11.1. The summed E-state index contributed by atoms with van der Waals surface area (Å²) in [4.78, 5) is 36.4. The van der Waals surface area contributed by atoms with Gasteiger partial charge in [-0.05, 0) is 24.8 Å². The number of methoxy groups -OCH3 is 1. The number of aromatic nitrogens is 2. The van der Waals surface area contributed by atoms with E-state index in [0.29, 0.717) is 46.9 Å². The number of carbonyl (C=O) groups excluding carboxylic acids is 2. The van der Waals surface area contributed by atoms with Crippen molar-refractivity contribution in [2.24, 2.45) is 5.92 Å². The van der Waals surface area contributed by atoms with Crippen molar-refractivity contribution in [2.45, 2.75) is 18.9 Å². The summed E-state index contributed by atoms with van der Waals surface area (Å²) >= 11 is 6.08. The van der Waals surface area contributed by atoms with Gasteiger partial charge in [-0.3, -0.25) is 14.5 Å². The Hall–Kier alpha value is -2.82. The highest BCUT2D eigenvalue weighted by Gasteiger charge is 2.28. The third-order valence-electron chi connectivity index (χ3n) is 6.40. The second-order valence-corrected chi connectivity index (χ2v) is 9.12. The topological polar surface area (TPSA) is 126 Å². The third kappa shape index (κ3) is 5.81. The number of nitrogens with zero attached hydrogens (tertiary/aromatic N) is 3. The fraction of sp³-hybridized carbons (Fsp3) is 0.522. The van der Waals surface area contributed by atoms with Crippen LogP contribution in [0.5, 0.6) is 5.75 Å². The van der Waals surface area contributed by atoms with Crippen LogP contribution in [0.3, 0.4) is 0 Å². The first-order valence-corrected chi connectivity index (χ1v) is 11.9. The SMILES string of the molecule is COc1cc(N)c(Cl)cc1C(=O)NC[C@H]1CN(CC2CCN(C(=O)c3ncc[nH]3)CC2)CCO1.